The zero-order valence-electron chi connectivity index (χ0n) is 17.7. The summed E-state index contributed by atoms with van der Waals surface area (Å²) < 4.78 is 16.8. The number of halogens is 3. The van der Waals surface area contributed by atoms with Gasteiger partial charge in [0.25, 0.3) is 5.91 Å². The fourth-order valence-electron chi connectivity index (χ4n) is 4.19. The number of rotatable bonds is 4. The maximum absolute atomic E-state index is 13.6. The number of hydrogen-bond acceptors (Lipinski definition) is 3. The molecule has 0 atom stereocenters. The van der Waals surface area contributed by atoms with Crippen LogP contribution in [0.25, 0.3) is 16.9 Å². The Kier molecular flexibility index (Phi) is 6.19. The van der Waals surface area contributed by atoms with E-state index in [2.05, 4.69) is 37.4 Å². The van der Waals surface area contributed by atoms with Crippen molar-refractivity contribution in [1.29, 1.82) is 0 Å². The van der Waals surface area contributed by atoms with Crippen LogP contribution in [-0.4, -0.2) is 51.3 Å². The first kappa shape index (κ1) is 22.1. The molecule has 0 N–H and O–H groups in total. The van der Waals surface area contributed by atoms with Crippen LogP contribution in [0.3, 0.4) is 0 Å². The number of hydrogen-bond donors (Lipinski definition) is 0. The Bertz CT molecular complexity index is 1320. The predicted octanol–water partition coefficient (Wildman–Crippen LogP) is 5.51. The number of aromatic nitrogens is 2. The van der Waals surface area contributed by atoms with E-state index in [1.807, 2.05) is 36.5 Å². The summed E-state index contributed by atoms with van der Waals surface area (Å²) >= 11 is 9.64. The van der Waals surface area contributed by atoms with Gasteiger partial charge >= 0.3 is 0 Å². The van der Waals surface area contributed by atoms with Gasteiger partial charge in [0, 0.05) is 49.0 Å². The number of piperazine rings is 1. The van der Waals surface area contributed by atoms with Crippen LogP contribution in [0.2, 0.25) is 5.02 Å². The molecule has 5 nitrogen and oxygen atoms in total. The minimum Gasteiger partial charge on any atom is -0.336 e. The van der Waals surface area contributed by atoms with Crippen molar-refractivity contribution in [3.8, 4) is 11.3 Å². The maximum atomic E-state index is 13.6. The first-order valence-electron chi connectivity index (χ1n) is 10.7. The van der Waals surface area contributed by atoms with Gasteiger partial charge in [-0.25, -0.2) is 9.37 Å². The van der Waals surface area contributed by atoms with Crippen molar-refractivity contribution in [3.05, 3.63) is 93.4 Å². The molecule has 0 saturated carbocycles. The Hall–Kier alpha value is -2.74. The lowest BCUT2D eigenvalue weighted by atomic mass is 10.1. The minimum absolute atomic E-state index is 0.212. The van der Waals surface area contributed by atoms with Gasteiger partial charge < -0.3 is 9.30 Å². The molecule has 1 saturated heterocycles. The number of fused-ring (bicyclic) bond motifs is 1. The molecular weight excluding hydrogens is 507 g/mol. The second kappa shape index (κ2) is 9.25. The molecule has 1 fully saturated rings. The molecule has 1 amide bonds. The number of carbonyl (C=O) groups excluding carboxylic acids is 1. The molecule has 4 aromatic rings. The molecule has 1 aliphatic heterocycles. The Morgan fingerprint density at radius 2 is 1.79 bits per heavy atom. The van der Waals surface area contributed by atoms with Crippen molar-refractivity contribution in [2.24, 2.45) is 0 Å². The van der Waals surface area contributed by atoms with Crippen molar-refractivity contribution in [1.82, 2.24) is 19.2 Å². The fourth-order valence-corrected chi connectivity index (χ4v) is 4.65. The van der Waals surface area contributed by atoms with Crippen molar-refractivity contribution in [2.75, 3.05) is 26.2 Å². The van der Waals surface area contributed by atoms with E-state index in [0.29, 0.717) is 32.7 Å². The van der Waals surface area contributed by atoms with Crippen LogP contribution in [0, 0.1) is 5.82 Å². The number of carbonyl (C=O) groups is 1. The van der Waals surface area contributed by atoms with Crippen LogP contribution in [0.4, 0.5) is 4.39 Å². The summed E-state index contributed by atoms with van der Waals surface area (Å²) in [6, 6.07) is 18.1. The van der Waals surface area contributed by atoms with Crippen LogP contribution in [-0.2, 0) is 6.54 Å². The molecule has 33 heavy (non-hydrogen) atoms. The third kappa shape index (κ3) is 4.53. The quantitative estimate of drug-likeness (QED) is 0.351. The number of pyridine rings is 1. The lowest BCUT2D eigenvalue weighted by Gasteiger charge is -2.35. The summed E-state index contributed by atoms with van der Waals surface area (Å²) in [7, 11) is 0. The van der Waals surface area contributed by atoms with E-state index in [0.717, 1.165) is 27.1 Å². The van der Waals surface area contributed by atoms with Crippen molar-refractivity contribution >= 4 is 39.1 Å². The summed E-state index contributed by atoms with van der Waals surface area (Å²) in [6.45, 7) is 3.22. The van der Waals surface area contributed by atoms with E-state index in [1.165, 1.54) is 18.2 Å². The molecule has 1 aliphatic rings. The fraction of sp³-hybridized carbons (Fsp3) is 0.200. The summed E-state index contributed by atoms with van der Waals surface area (Å²) in [6.07, 6.45) is 2.03. The first-order valence-corrected chi connectivity index (χ1v) is 11.9. The highest BCUT2D eigenvalue weighted by molar-refractivity contribution is 9.10. The minimum atomic E-state index is -0.463. The zero-order chi connectivity index (χ0) is 22.9. The average Bonchev–Trinajstić information content (AvgIpc) is 3.19. The summed E-state index contributed by atoms with van der Waals surface area (Å²) in [5.74, 6) is -0.695. The maximum Gasteiger partial charge on any atom is 0.255 e. The normalized spacial score (nSPS) is 14.7. The van der Waals surface area contributed by atoms with Gasteiger partial charge in [-0.2, -0.15) is 0 Å². The van der Waals surface area contributed by atoms with Crippen LogP contribution in [0.15, 0.2) is 71.3 Å². The number of imidazole rings is 1. The predicted molar refractivity (Wildman–Crippen MR) is 131 cm³/mol. The summed E-state index contributed by atoms with van der Waals surface area (Å²) in [5.41, 5.74) is 4.25. The van der Waals surface area contributed by atoms with E-state index < -0.39 is 5.82 Å². The van der Waals surface area contributed by atoms with Crippen LogP contribution < -0.4 is 0 Å². The van der Waals surface area contributed by atoms with E-state index in [1.54, 1.807) is 4.90 Å². The van der Waals surface area contributed by atoms with Gasteiger partial charge in [0.2, 0.25) is 0 Å². The second-order valence-electron chi connectivity index (χ2n) is 8.04. The standard InChI is InChI=1S/C25H21BrClFN4O/c26-18-6-4-17(5-7-18)24-22(32-10-2-1-3-23(32)29-24)16-30-11-13-31(14-12-30)25(33)20-15-19(28)8-9-21(20)27/h1-10,15H,11-14,16H2. The van der Waals surface area contributed by atoms with Crippen molar-refractivity contribution < 1.29 is 9.18 Å². The molecule has 2 aromatic heterocycles. The third-order valence-corrected chi connectivity index (χ3v) is 6.80. The van der Waals surface area contributed by atoms with Gasteiger partial charge in [-0.1, -0.05) is 45.7 Å². The van der Waals surface area contributed by atoms with E-state index >= 15 is 0 Å². The highest BCUT2D eigenvalue weighted by atomic mass is 79.9. The van der Waals surface area contributed by atoms with Gasteiger partial charge in [0.1, 0.15) is 11.5 Å². The van der Waals surface area contributed by atoms with Crippen molar-refractivity contribution in [3.63, 3.8) is 0 Å². The molecule has 2 aromatic carbocycles. The summed E-state index contributed by atoms with van der Waals surface area (Å²) in [5, 5.41) is 0.272. The third-order valence-electron chi connectivity index (χ3n) is 5.94. The van der Waals surface area contributed by atoms with Gasteiger partial charge in [-0.3, -0.25) is 9.69 Å². The molecular formula is C25H21BrClFN4O. The molecule has 0 spiro atoms. The van der Waals surface area contributed by atoms with Crippen LogP contribution in [0.5, 0.6) is 0 Å². The van der Waals surface area contributed by atoms with Crippen molar-refractivity contribution in [2.45, 2.75) is 6.54 Å². The molecule has 168 valence electrons. The van der Waals surface area contributed by atoms with E-state index in [4.69, 9.17) is 16.6 Å². The van der Waals surface area contributed by atoms with Gasteiger partial charge in [0.15, 0.2) is 0 Å². The highest BCUT2D eigenvalue weighted by Gasteiger charge is 2.25. The SMILES string of the molecule is O=C(c1cc(F)ccc1Cl)N1CCN(Cc2c(-c3ccc(Br)cc3)nc3ccccn23)CC1. The molecule has 0 radical (unpaired) electrons. The Labute approximate surface area is 204 Å². The molecule has 0 bridgehead atoms. The van der Waals surface area contributed by atoms with E-state index in [-0.39, 0.29) is 16.5 Å². The lowest BCUT2D eigenvalue weighted by molar-refractivity contribution is 0.0626. The smallest absolute Gasteiger partial charge is 0.255 e. The largest absolute Gasteiger partial charge is 0.336 e. The molecule has 5 rings (SSSR count). The summed E-state index contributed by atoms with van der Waals surface area (Å²) in [4.78, 5) is 21.8. The molecule has 8 heteroatoms. The van der Waals surface area contributed by atoms with E-state index in [9.17, 15) is 9.18 Å². The number of nitrogens with zero attached hydrogens (tertiary/aromatic N) is 4. The monoisotopic (exact) mass is 526 g/mol. The van der Waals surface area contributed by atoms with Crippen LogP contribution >= 0.6 is 27.5 Å². The first-order chi connectivity index (χ1) is 16.0. The number of amides is 1. The molecule has 3 heterocycles. The van der Waals surface area contributed by atoms with Gasteiger partial charge in [-0.05, 0) is 42.5 Å². The highest BCUT2D eigenvalue weighted by Crippen LogP contribution is 2.28. The average molecular weight is 528 g/mol. The molecule has 0 aliphatic carbocycles. The lowest BCUT2D eigenvalue weighted by Crippen LogP contribution is -2.48. The Balaban J connectivity index is 1.35. The zero-order valence-corrected chi connectivity index (χ0v) is 20.1. The van der Waals surface area contributed by atoms with Gasteiger partial charge in [-0.15, -0.1) is 0 Å². The topological polar surface area (TPSA) is 40.9 Å². The van der Waals surface area contributed by atoms with Gasteiger partial charge in [0.05, 0.1) is 22.0 Å². The number of benzene rings is 2. The Morgan fingerprint density at radius 3 is 2.55 bits per heavy atom. The van der Waals surface area contributed by atoms with Crippen LogP contribution in [0.1, 0.15) is 16.1 Å². The molecule has 0 unspecified atom stereocenters. The Morgan fingerprint density at radius 1 is 1.03 bits per heavy atom. The second-order valence-corrected chi connectivity index (χ2v) is 9.36.